The highest BCUT2D eigenvalue weighted by molar-refractivity contribution is 5.57. The molecular weight excluding hydrogens is 192 g/mol. The Hall–Kier alpha value is -1.26. The highest BCUT2D eigenvalue weighted by Gasteiger charge is 2.06. The van der Waals surface area contributed by atoms with E-state index in [1.165, 1.54) is 0 Å². The summed E-state index contributed by atoms with van der Waals surface area (Å²) >= 11 is 0. The summed E-state index contributed by atoms with van der Waals surface area (Å²) in [5.41, 5.74) is 8.44. The number of hydrogen-bond acceptors (Lipinski definition) is 4. The molecule has 0 radical (unpaired) electrons. The highest BCUT2D eigenvalue weighted by atomic mass is 16.5. The average Bonchev–Trinajstić information content (AvgIpc) is 2.23. The molecule has 4 nitrogen and oxygen atoms in total. The van der Waals surface area contributed by atoms with Gasteiger partial charge in [0.1, 0.15) is 0 Å². The van der Waals surface area contributed by atoms with E-state index in [0.29, 0.717) is 6.61 Å². The molecule has 15 heavy (non-hydrogen) atoms. The van der Waals surface area contributed by atoms with Crippen molar-refractivity contribution in [2.24, 2.45) is 0 Å². The topological polar surface area (TPSA) is 67.5 Å². The van der Waals surface area contributed by atoms with Crippen LogP contribution in [-0.2, 0) is 4.74 Å². The van der Waals surface area contributed by atoms with Gasteiger partial charge >= 0.3 is 0 Å². The van der Waals surface area contributed by atoms with Crippen LogP contribution in [0.2, 0.25) is 0 Å². The van der Waals surface area contributed by atoms with E-state index in [9.17, 15) is 0 Å². The number of aryl methyl sites for hydroxylation is 1. The molecule has 1 unspecified atom stereocenters. The van der Waals surface area contributed by atoms with E-state index < -0.39 is 0 Å². The molecule has 4 heteroatoms. The SMILES string of the molecule is COCC(CO)Nc1ccc(N)c(C)c1. The van der Waals surface area contributed by atoms with Crippen molar-refractivity contribution in [1.82, 2.24) is 0 Å². The third-order valence-corrected chi connectivity index (χ3v) is 2.23. The minimum Gasteiger partial charge on any atom is -0.399 e. The number of nitrogens with two attached hydrogens (primary N) is 1. The maximum absolute atomic E-state index is 9.08. The van der Waals surface area contributed by atoms with Crippen LogP contribution in [0.15, 0.2) is 18.2 Å². The lowest BCUT2D eigenvalue weighted by atomic mass is 10.1. The lowest BCUT2D eigenvalue weighted by Gasteiger charge is -2.17. The molecule has 4 N–H and O–H groups in total. The summed E-state index contributed by atoms with van der Waals surface area (Å²) in [4.78, 5) is 0. The minimum absolute atomic E-state index is 0.0390. The number of aliphatic hydroxyl groups is 1. The number of nitrogens with one attached hydrogen (secondary N) is 1. The summed E-state index contributed by atoms with van der Waals surface area (Å²) < 4.78 is 4.97. The van der Waals surface area contributed by atoms with Crippen molar-refractivity contribution in [2.75, 3.05) is 31.4 Å². The van der Waals surface area contributed by atoms with E-state index in [1.807, 2.05) is 25.1 Å². The van der Waals surface area contributed by atoms with Crippen molar-refractivity contribution < 1.29 is 9.84 Å². The lowest BCUT2D eigenvalue weighted by molar-refractivity contribution is 0.153. The first kappa shape index (κ1) is 11.8. The van der Waals surface area contributed by atoms with Crippen LogP contribution < -0.4 is 11.1 Å². The first-order chi connectivity index (χ1) is 7.17. The summed E-state index contributed by atoms with van der Waals surface area (Å²) in [6, 6.07) is 5.60. The predicted molar refractivity (Wildman–Crippen MR) is 62.0 cm³/mol. The van der Waals surface area contributed by atoms with E-state index in [2.05, 4.69) is 5.32 Å². The van der Waals surface area contributed by atoms with Crippen molar-refractivity contribution >= 4 is 11.4 Å². The van der Waals surface area contributed by atoms with Crippen molar-refractivity contribution in [1.29, 1.82) is 0 Å². The number of anilines is 2. The molecule has 0 aliphatic heterocycles. The Kier molecular flexibility index (Phi) is 4.39. The van der Waals surface area contributed by atoms with E-state index in [4.69, 9.17) is 15.6 Å². The summed E-state index contributed by atoms with van der Waals surface area (Å²) in [5, 5.41) is 12.2. The molecule has 1 aromatic rings. The van der Waals surface area contributed by atoms with Gasteiger partial charge in [-0.1, -0.05) is 0 Å². The van der Waals surface area contributed by atoms with Gasteiger partial charge in [0.25, 0.3) is 0 Å². The zero-order chi connectivity index (χ0) is 11.3. The van der Waals surface area contributed by atoms with E-state index in [0.717, 1.165) is 16.9 Å². The molecule has 0 amide bonds. The fraction of sp³-hybridized carbons (Fsp3) is 0.455. The summed E-state index contributed by atoms with van der Waals surface area (Å²) in [6.45, 7) is 2.46. The van der Waals surface area contributed by atoms with Crippen molar-refractivity contribution in [3.05, 3.63) is 23.8 Å². The van der Waals surface area contributed by atoms with Crippen molar-refractivity contribution in [3.8, 4) is 0 Å². The second kappa shape index (κ2) is 5.58. The second-order valence-electron chi connectivity index (χ2n) is 3.55. The van der Waals surface area contributed by atoms with Gasteiger partial charge in [0, 0.05) is 18.5 Å². The van der Waals surface area contributed by atoms with Crippen LogP contribution in [0.1, 0.15) is 5.56 Å². The quantitative estimate of drug-likeness (QED) is 0.634. The monoisotopic (exact) mass is 210 g/mol. The van der Waals surface area contributed by atoms with Gasteiger partial charge in [-0.3, -0.25) is 0 Å². The zero-order valence-corrected chi connectivity index (χ0v) is 9.16. The first-order valence-electron chi connectivity index (χ1n) is 4.90. The van der Waals surface area contributed by atoms with Gasteiger partial charge in [0.2, 0.25) is 0 Å². The minimum atomic E-state index is -0.0852. The first-order valence-corrected chi connectivity index (χ1v) is 4.90. The third kappa shape index (κ3) is 3.42. The lowest BCUT2D eigenvalue weighted by Crippen LogP contribution is -2.28. The number of aliphatic hydroxyl groups excluding tert-OH is 1. The molecule has 0 aliphatic rings. The van der Waals surface area contributed by atoms with Crippen LogP contribution >= 0.6 is 0 Å². The second-order valence-corrected chi connectivity index (χ2v) is 3.55. The average molecular weight is 210 g/mol. The number of rotatable bonds is 5. The Balaban J connectivity index is 2.66. The highest BCUT2D eigenvalue weighted by Crippen LogP contribution is 2.17. The summed E-state index contributed by atoms with van der Waals surface area (Å²) in [6.07, 6.45) is 0. The molecule has 1 aromatic carbocycles. The largest absolute Gasteiger partial charge is 0.399 e. The molecule has 0 saturated carbocycles. The molecule has 1 atom stereocenters. The molecule has 84 valence electrons. The van der Waals surface area contributed by atoms with Gasteiger partial charge in [-0.2, -0.15) is 0 Å². The molecular formula is C11H18N2O2. The van der Waals surface area contributed by atoms with Gasteiger partial charge in [-0.05, 0) is 30.7 Å². The summed E-state index contributed by atoms with van der Waals surface area (Å²) in [7, 11) is 1.61. The molecule has 0 spiro atoms. The van der Waals surface area contributed by atoms with E-state index >= 15 is 0 Å². The van der Waals surface area contributed by atoms with Gasteiger partial charge in [0.15, 0.2) is 0 Å². The van der Waals surface area contributed by atoms with E-state index in [-0.39, 0.29) is 12.6 Å². The van der Waals surface area contributed by atoms with Crippen LogP contribution in [0, 0.1) is 6.92 Å². The smallest absolute Gasteiger partial charge is 0.0725 e. The number of methoxy groups -OCH3 is 1. The van der Waals surface area contributed by atoms with E-state index in [1.54, 1.807) is 7.11 Å². The third-order valence-electron chi connectivity index (χ3n) is 2.23. The Morgan fingerprint density at radius 2 is 2.27 bits per heavy atom. The Bertz CT molecular complexity index is 315. The number of ether oxygens (including phenoxy) is 1. The molecule has 0 bridgehead atoms. The zero-order valence-electron chi connectivity index (χ0n) is 9.16. The summed E-state index contributed by atoms with van der Waals surface area (Å²) in [5.74, 6) is 0. The number of nitrogen functional groups attached to an aromatic ring is 1. The number of hydrogen-bond donors (Lipinski definition) is 3. The Labute approximate surface area is 90.1 Å². The Morgan fingerprint density at radius 1 is 1.53 bits per heavy atom. The van der Waals surface area contributed by atoms with Crippen LogP contribution in [0.4, 0.5) is 11.4 Å². The van der Waals surface area contributed by atoms with Crippen LogP contribution in [0.25, 0.3) is 0 Å². The molecule has 0 heterocycles. The molecule has 0 saturated heterocycles. The van der Waals surface area contributed by atoms with Gasteiger partial charge in [-0.15, -0.1) is 0 Å². The van der Waals surface area contributed by atoms with Crippen LogP contribution in [-0.4, -0.2) is 31.5 Å². The standard InChI is InChI=1S/C11H18N2O2/c1-8-5-9(3-4-11(8)12)13-10(6-14)7-15-2/h3-5,10,13-14H,6-7,12H2,1-2H3. The van der Waals surface area contributed by atoms with Gasteiger partial charge < -0.3 is 20.9 Å². The maximum atomic E-state index is 9.08. The molecule has 1 rings (SSSR count). The van der Waals surface area contributed by atoms with Gasteiger partial charge in [0.05, 0.1) is 19.3 Å². The molecule has 0 aromatic heterocycles. The van der Waals surface area contributed by atoms with Crippen molar-refractivity contribution in [2.45, 2.75) is 13.0 Å². The fourth-order valence-electron chi connectivity index (χ4n) is 1.34. The molecule has 0 fully saturated rings. The number of benzene rings is 1. The fourth-order valence-corrected chi connectivity index (χ4v) is 1.34. The normalized spacial score (nSPS) is 12.5. The van der Waals surface area contributed by atoms with Crippen molar-refractivity contribution in [3.63, 3.8) is 0 Å². The van der Waals surface area contributed by atoms with Crippen LogP contribution in [0.5, 0.6) is 0 Å². The molecule has 0 aliphatic carbocycles. The Morgan fingerprint density at radius 3 is 2.80 bits per heavy atom. The van der Waals surface area contributed by atoms with Crippen LogP contribution in [0.3, 0.4) is 0 Å². The predicted octanol–water partition coefficient (Wildman–Crippen LogP) is 0.996. The van der Waals surface area contributed by atoms with Gasteiger partial charge in [-0.25, -0.2) is 0 Å². The maximum Gasteiger partial charge on any atom is 0.0725 e.